The van der Waals surface area contributed by atoms with Gasteiger partial charge in [0.05, 0.1) is 22.1 Å². The first-order chi connectivity index (χ1) is 28.2. The first-order valence-electron chi connectivity index (χ1n) is 19.2. The summed E-state index contributed by atoms with van der Waals surface area (Å²) in [5.41, 5.74) is 10.7. The molecule has 1 unspecified atom stereocenters. The average Bonchev–Trinajstić information content (AvgIpc) is 3.95. The zero-order chi connectivity index (χ0) is 37.5. The maximum absolute atomic E-state index is 6.62. The molecule has 0 saturated heterocycles. The molecule has 0 bridgehead atoms. The Balaban J connectivity index is 0.937. The molecule has 0 amide bonds. The number of rotatable bonds is 5. The summed E-state index contributed by atoms with van der Waals surface area (Å²) in [5.74, 6) is 1.54. The summed E-state index contributed by atoms with van der Waals surface area (Å²) in [7, 11) is 0. The molecule has 12 rings (SSSR count). The first-order valence-corrected chi connectivity index (χ1v) is 20.0. The quantitative estimate of drug-likeness (QED) is 0.191. The van der Waals surface area contributed by atoms with E-state index in [9.17, 15) is 0 Å². The second-order valence-electron chi connectivity index (χ2n) is 14.6. The van der Waals surface area contributed by atoms with E-state index >= 15 is 0 Å². The number of hydrogen-bond acceptors (Lipinski definition) is 5. The second kappa shape index (κ2) is 12.6. The fraction of sp³-hybridized carbons (Fsp3) is 0.0196. The van der Waals surface area contributed by atoms with Crippen LogP contribution in [-0.4, -0.2) is 16.2 Å². The Labute approximate surface area is 331 Å². The van der Waals surface area contributed by atoms with Crippen molar-refractivity contribution in [1.82, 2.24) is 9.88 Å². The van der Waals surface area contributed by atoms with E-state index < -0.39 is 0 Å². The highest BCUT2D eigenvalue weighted by molar-refractivity contribution is 7.25. The topological polar surface area (TPSA) is 54.8 Å². The smallest absolute Gasteiger partial charge is 0.159 e. The lowest BCUT2D eigenvalue weighted by Gasteiger charge is -2.23. The number of fused-ring (bicyclic) bond motifs is 9. The molecular weight excluding hydrogens is 717 g/mol. The van der Waals surface area contributed by atoms with E-state index in [-0.39, 0.29) is 6.17 Å². The lowest BCUT2D eigenvalue weighted by atomic mass is 10.0. The van der Waals surface area contributed by atoms with Crippen molar-refractivity contribution >= 4 is 86.9 Å². The molecule has 0 radical (unpaired) electrons. The van der Waals surface area contributed by atoms with Gasteiger partial charge in [-0.2, -0.15) is 0 Å². The van der Waals surface area contributed by atoms with Gasteiger partial charge in [-0.15, -0.1) is 11.3 Å². The molecule has 57 heavy (non-hydrogen) atoms. The lowest BCUT2D eigenvalue weighted by Crippen LogP contribution is -2.33. The standard InChI is InChI=1S/C51H32N4OS/c1-3-12-31(13-4-1)49-52-50(32-14-5-2-6-15-32)54-51(53-49)35-23-25-38-40-28-33(24-27-46(40)57-47(38)30-35)34-22-26-39-45(29-34)56-44-21-11-20-43(48(39)44)55-41-18-9-7-16-36(41)37-17-8-10-19-42(37)55/h1-30,49H,(H,52,53,54). The average molecular weight is 749 g/mol. The molecule has 0 fully saturated rings. The Kier molecular flexibility index (Phi) is 7.09. The SMILES string of the molecule is c1ccc(C2=NC(c3ccc4c(c3)sc3ccc(-c5ccc6c(c5)oc5cccc(-n7c8ccccc8c8ccccc87)c56)cc34)=NC(c3ccccc3)N2)cc1. The van der Waals surface area contributed by atoms with Crippen LogP contribution in [0.15, 0.2) is 196 Å². The maximum atomic E-state index is 6.62. The number of aliphatic imine (C=N–C) groups is 2. The molecule has 1 N–H and O–H groups in total. The molecule has 3 aromatic heterocycles. The molecule has 1 atom stereocenters. The number of thiophene rings is 1. The predicted octanol–water partition coefficient (Wildman–Crippen LogP) is 13.2. The van der Waals surface area contributed by atoms with Gasteiger partial charge in [0.2, 0.25) is 0 Å². The summed E-state index contributed by atoms with van der Waals surface area (Å²) in [6.07, 6.45) is -0.237. The highest BCUT2D eigenvalue weighted by Gasteiger charge is 2.22. The molecule has 6 heteroatoms. The third-order valence-corrected chi connectivity index (χ3v) is 12.4. The molecule has 5 nitrogen and oxygen atoms in total. The zero-order valence-electron chi connectivity index (χ0n) is 30.6. The Hall–Kier alpha value is -7.28. The number of hydrogen-bond donors (Lipinski definition) is 1. The van der Waals surface area contributed by atoms with Gasteiger partial charge in [0.25, 0.3) is 0 Å². The van der Waals surface area contributed by atoms with Crippen LogP contribution in [0.4, 0.5) is 0 Å². The van der Waals surface area contributed by atoms with Crippen molar-refractivity contribution < 1.29 is 4.42 Å². The molecular formula is C51H32N4OS. The van der Waals surface area contributed by atoms with Crippen molar-refractivity contribution in [3.8, 4) is 16.8 Å². The number of nitrogens with one attached hydrogen (secondary N) is 1. The van der Waals surface area contributed by atoms with E-state index in [2.05, 4.69) is 168 Å². The summed E-state index contributed by atoms with van der Waals surface area (Å²) in [4.78, 5) is 10.2. The number of furan rings is 1. The number of benzene rings is 8. The van der Waals surface area contributed by atoms with Crippen molar-refractivity contribution in [3.63, 3.8) is 0 Å². The molecule has 0 aliphatic carbocycles. The van der Waals surface area contributed by atoms with Crippen LogP contribution in [0.2, 0.25) is 0 Å². The van der Waals surface area contributed by atoms with Gasteiger partial charge in [0.15, 0.2) is 5.84 Å². The number of nitrogens with zero attached hydrogens (tertiary/aromatic N) is 3. The minimum Gasteiger partial charge on any atom is -0.456 e. The molecule has 11 aromatic rings. The molecule has 268 valence electrons. The van der Waals surface area contributed by atoms with Crippen LogP contribution < -0.4 is 5.32 Å². The fourth-order valence-electron chi connectivity index (χ4n) is 8.58. The van der Waals surface area contributed by atoms with Gasteiger partial charge in [-0.05, 0) is 71.3 Å². The summed E-state index contributed by atoms with van der Waals surface area (Å²) < 4.78 is 11.5. The van der Waals surface area contributed by atoms with E-state index in [4.69, 9.17) is 14.4 Å². The van der Waals surface area contributed by atoms with Crippen LogP contribution in [0, 0.1) is 0 Å². The molecule has 1 aliphatic rings. The van der Waals surface area contributed by atoms with Crippen LogP contribution in [0.5, 0.6) is 0 Å². The van der Waals surface area contributed by atoms with Gasteiger partial charge in [-0.1, -0.05) is 127 Å². The highest BCUT2D eigenvalue weighted by atomic mass is 32.1. The van der Waals surface area contributed by atoms with Crippen LogP contribution in [0.1, 0.15) is 22.9 Å². The third-order valence-electron chi connectivity index (χ3n) is 11.3. The summed E-state index contributed by atoms with van der Waals surface area (Å²) in [6.45, 7) is 0. The number of para-hydroxylation sites is 2. The van der Waals surface area contributed by atoms with Gasteiger partial charge in [0, 0.05) is 47.5 Å². The minimum atomic E-state index is -0.237. The van der Waals surface area contributed by atoms with Gasteiger partial charge in [0.1, 0.15) is 23.2 Å². The van der Waals surface area contributed by atoms with E-state index in [1.807, 2.05) is 24.3 Å². The Bertz CT molecular complexity index is 3390. The van der Waals surface area contributed by atoms with Crippen molar-refractivity contribution in [2.75, 3.05) is 0 Å². The van der Waals surface area contributed by atoms with Crippen LogP contribution in [0.25, 0.3) is 80.7 Å². The zero-order valence-corrected chi connectivity index (χ0v) is 31.4. The van der Waals surface area contributed by atoms with E-state index in [0.29, 0.717) is 0 Å². The van der Waals surface area contributed by atoms with E-state index in [1.54, 1.807) is 11.3 Å². The van der Waals surface area contributed by atoms with Gasteiger partial charge in [-0.25, -0.2) is 9.98 Å². The Morgan fingerprint density at radius 1 is 0.491 bits per heavy atom. The van der Waals surface area contributed by atoms with Crippen molar-refractivity contribution in [3.05, 3.63) is 199 Å². The van der Waals surface area contributed by atoms with Gasteiger partial charge in [-0.3, -0.25) is 0 Å². The predicted molar refractivity (Wildman–Crippen MR) is 238 cm³/mol. The van der Waals surface area contributed by atoms with Crippen LogP contribution in [-0.2, 0) is 0 Å². The van der Waals surface area contributed by atoms with Crippen molar-refractivity contribution in [2.24, 2.45) is 9.98 Å². The van der Waals surface area contributed by atoms with E-state index in [1.165, 1.54) is 42.0 Å². The second-order valence-corrected chi connectivity index (χ2v) is 15.7. The summed E-state index contributed by atoms with van der Waals surface area (Å²) in [5, 5.41) is 10.7. The van der Waals surface area contributed by atoms with E-state index in [0.717, 1.165) is 67.1 Å². The highest BCUT2D eigenvalue weighted by Crippen LogP contribution is 2.41. The van der Waals surface area contributed by atoms with Crippen molar-refractivity contribution in [1.29, 1.82) is 0 Å². The number of amidine groups is 2. The molecule has 1 aliphatic heterocycles. The number of aromatic nitrogens is 1. The molecule has 4 heterocycles. The summed E-state index contributed by atoms with van der Waals surface area (Å²) in [6, 6.07) is 64.4. The molecule has 8 aromatic carbocycles. The van der Waals surface area contributed by atoms with Crippen LogP contribution >= 0.6 is 11.3 Å². The fourth-order valence-corrected chi connectivity index (χ4v) is 9.70. The monoisotopic (exact) mass is 748 g/mol. The Morgan fingerprint density at radius 2 is 1.18 bits per heavy atom. The van der Waals surface area contributed by atoms with Crippen LogP contribution in [0.3, 0.4) is 0 Å². The molecule has 0 spiro atoms. The molecule has 0 saturated carbocycles. The largest absolute Gasteiger partial charge is 0.456 e. The normalized spacial score (nSPS) is 14.5. The third kappa shape index (κ3) is 5.15. The lowest BCUT2D eigenvalue weighted by molar-refractivity contribution is 0.669. The first kappa shape index (κ1) is 32.0. The van der Waals surface area contributed by atoms with Gasteiger partial charge >= 0.3 is 0 Å². The summed E-state index contributed by atoms with van der Waals surface area (Å²) >= 11 is 1.81. The maximum Gasteiger partial charge on any atom is 0.159 e. The minimum absolute atomic E-state index is 0.237. The van der Waals surface area contributed by atoms with Crippen molar-refractivity contribution in [2.45, 2.75) is 6.17 Å². The van der Waals surface area contributed by atoms with Gasteiger partial charge < -0.3 is 14.3 Å². The Morgan fingerprint density at radius 3 is 1.98 bits per heavy atom.